The molecular formula is C16H24N2O3S. The average molecular weight is 324 g/mol. The van der Waals surface area contributed by atoms with Crippen LogP contribution in [0.1, 0.15) is 42.6 Å². The van der Waals surface area contributed by atoms with Crippen molar-refractivity contribution in [3.8, 4) is 0 Å². The highest BCUT2D eigenvalue weighted by Gasteiger charge is 2.25. The minimum atomic E-state index is -3.53. The molecule has 0 unspecified atom stereocenters. The van der Waals surface area contributed by atoms with Gasteiger partial charge >= 0.3 is 0 Å². The maximum atomic E-state index is 12.6. The van der Waals surface area contributed by atoms with Gasteiger partial charge < -0.3 is 4.90 Å². The van der Waals surface area contributed by atoms with Crippen molar-refractivity contribution >= 4 is 15.9 Å². The lowest BCUT2D eigenvalue weighted by molar-refractivity contribution is 0.0792. The molecular weight excluding hydrogens is 300 g/mol. The minimum Gasteiger partial charge on any atom is -0.339 e. The third-order valence-electron chi connectivity index (χ3n) is 4.18. The molecule has 0 spiro atoms. The van der Waals surface area contributed by atoms with Crippen molar-refractivity contribution in [3.05, 3.63) is 29.3 Å². The SMILES string of the molecule is CCN(CC)S(=O)(=O)c1ccc(C)c(C(=O)N2CCCC2)c1. The molecule has 0 N–H and O–H groups in total. The molecule has 1 fully saturated rings. The first kappa shape index (κ1) is 17.0. The summed E-state index contributed by atoms with van der Waals surface area (Å²) in [5.74, 6) is -0.0633. The van der Waals surface area contributed by atoms with Crippen molar-refractivity contribution in [1.82, 2.24) is 9.21 Å². The van der Waals surface area contributed by atoms with Crippen LogP contribution in [0.15, 0.2) is 23.1 Å². The summed E-state index contributed by atoms with van der Waals surface area (Å²) in [5, 5.41) is 0. The molecule has 1 amide bonds. The molecule has 1 aromatic carbocycles. The van der Waals surface area contributed by atoms with Crippen molar-refractivity contribution < 1.29 is 13.2 Å². The summed E-state index contributed by atoms with van der Waals surface area (Å²) in [6.07, 6.45) is 2.03. The molecule has 6 heteroatoms. The van der Waals surface area contributed by atoms with E-state index in [1.54, 1.807) is 17.0 Å². The van der Waals surface area contributed by atoms with Gasteiger partial charge in [0.05, 0.1) is 4.90 Å². The number of carbonyl (C=O) groups is 1. The maximum absolute atomic E-state index is 12.6. The van der Waals surface area contributed by atoms with Crippen LogP contribution in [0.2, 0.25) is 0 Å². The quantitative estimate of drug-likeness (QED) is 0.835. The highest BCUT2D eigenvalue weighted by molar-refractivity contribution is 7.89. The van der Waals surface area contributed by atoms with E-state index >= 15 is 0 Å². The van der Waals surface area contributed by atoms with Crippen molar-refractivity contribution in [2.75, 3.05) is 26.2 Å². The van der Waals surface area contributed by atoms with Crippen LogP contribution < -0.4 is 0 Å². The summed E-state index contributed by atoms with van der Waals surface area (Å²) in [4.78, 5) is 14.6. The first-order valence-corrected chi connectivity index (χ1v) is 9.25. The lowest BCUT2D eigenvalue weighted by atomic mass is 10.1. The molecule has 22 heavy (non-hydrogen) atoms. The number of carbonyl (C=O) groups excluding carboxylic acids is 1. The van der Waals surface area contributed by atoms with Gasteiger partial charge in [0.2, 0.25) is 10.0 Å². The van der Waals surface area contributed by atoms with E-state index in [4.69, 9.17) is 0 Å². The second-order valence-corrected chi connectivity index (χ2v) is 7.50. The van der Waals surface area contributed by atoms with Crippen molar-refractivity contribution in [2.24, 2.45) is 0 Å². The Kier molecular flexibility index (Phi) is 5.24. The lowest BCUT2D eigenvalue weighted by Gasteiger charge is -2.20. The number of rotatable bonds is 5. The summed E-state index contributed by atoms with van der Waals surface area (Å²) in [7, 11) is -3.53. The zero-order chi connectivity index (χ0) is 16.3. The van der Waals surface area contributed by atoms with E-state index in [2.05, 4.69) is 0 Å². The Balaban J connectivity index is 2.40. The third-order valence-corrected chi connectivity index (χ3v) is 6.22. The Labute approximate surface area is 133 Å². The summed E-state index contributed by atoms with van der Waals surface area (Å²) in [6.45, 7) is 7.81. The van der Waals surface area contributed by atoms with Crippen LogP contribution in [0.4, 0.5) is 0 Å². The van der Waals surface area contributed by atoms with Gasteiger partial charge in [-0.25, -0.2) is 8.42 Å². The number of hydrogen-bond donors (Lipinski definition) is 0. The Morgan fingerprint density at radius 2 is 1.77 bits per heavy atom. The second-order valence-electron chi connectivity index (χ2n) is 5.57. The highest BCUT2D eigenvalue weighted by Crippen LogP contribution is 2.22. The van der Waals surface area contributed by atoms with E-state index in [-0.39, 0.29) is 10.8 Å². The molecule has 0 radical (unpaired) electrons. The topological polar surface area (TPSA) is 57.7 Å². The molecule has 1 aliphatic rings. The number of amides is 1. The Morgan fingerprint density at radius 3 is 2.32 bits per heavy atom. The van der Waals surface area contributed by atoms with Gasteiger partial charge in [0.25, 0.3) is 5.91 Å². The monoisotopic (exact) mass is 324 g/mol. The van der Waals surface area contributed by atoms with E-state index in [0.717, 1.165) is 31.5 Å². The zero-order valence-corrected chi connectivity index (χ0v) is 14.3. The van der Waals surface area contributed by atoms with Crippen LogP contribution in [0.5, 0.6) is 0 Å². The number of benzene rings is 1. The lowest BCUT2D eigenvalue weighted by Crippen LogP contribution is -2.31. The highest BCUT2D eigenvalue weighted by atomic mass is 32.2. The molecule has 1 heterocycles. The predicted octanol–water partition coefficient (Wildman–Crippen LogP) is 2.26. The molecule has 0 aromatic heterocycles. The number of likely N-dealkylation sites (tertiary alicyclic amines) is 1. The molecule has 0 saturated carbocycles. The van der Waals surface area contributed by atoms with E-state index in [9.17, 15) is 13.2 Å². The van der Waals surface area contributed by atoms with Crippen molar-refractivity contribution in [2.45, 2.75) is 38.5 Å². The summed E-state index contributed by atoms with van der Waals surface area (Å²) >= 11 is 0. The first-order valence-electron chi connectivity index (χ1n) is 7.81. The smallest absolute Gasteiger partial charge is 0.254 e. The Morgan fingerprint density at radius 1 is 1.18 bits per heavy atom. The van der Waals surface area contributed by atoms with Crippen LogP contribution in [0.3, 0.4) is 0 Å². The van der Waals surface area contributed by atoms with Crippen LogP contribution in [-0.2, 0) is 10.0 Å². The maximum Gasteiger partial charge on any atom is 0.254 e. The summed E-state index contributed by atoms with van der Waals surface area (Å²) < 4.78 is 26.6. The predicted molar refractivity (Wildman–Crippen MR) is 86.4 cm³/mol. The number of aryl methyl sites for hydroxylation is 1. The van der Waals surface area contributed by atoms with Gasteiger partial charge in [0.1, 0.15) is 0 Å². The molecule has 0 bridgehead atoms. The molecule has 1 saturated heterocycles. The van der Waals surface area contributed by atoms with Gasteiger partial charge in [-0.2, -0.15) is 4.31 Å². The van der Waals surface area contributed by atoms with Gasteiger partial charge in [0.15, 0.2) is 0 Å². The van der Waals surface area contributed by atoms with Gasteiger partial charge in [-0.15, -0.1) is 0 Å². The van der Waals surface area contributed by atoms with Crippen LogP contribution in [-0.4, -0.2) is 49.7 Å². The fourth-order valence-corrected chi connectivity index (χ4v) is 4.28. The molecule has 1 aliphatic heterocycles. The first-order chi connectivity index (χ1) is 10.4. The number of nitrogens with zero attached hydrogens (tertiary/aromatic N) is 2. The Bertz CT molecular complexity index is 645. The standard InChI is InChI=1S/C16H24N2O3S/c1-4-18(5-2)22(20,21)14-9-8-13(3)15(12-14)16(19)17-10-6-7-11-17/h8-9,12H,4-7,10-11H2,1-3H3. The fraction of sp³-hybridized carbons (Fsp3) is 0.562. The average Bonchev–Trinajstić information content (AvgIpc) is 3.02. The fourth-order valence-electron chi connectivity index (χ4n) is 2.80. The van der Waals surface area contributed by atoms with Gasteiger partial charge in [-0.1, -0.05) is 19.9 Å². The molecule has 2 rings (SSSR count). The van der Waals surface area contributed by atoms with Crippen LogP contribution in [0.25, 0.3) is 0 Å². The third kappa shape index (κ3) is 3.17. The normalized spacial score (nSPS) is 15.5. The molecule has 1 aromatic rings. The zero-order valence-electron chi connectivity index (χ0n) is 13.5. The number of hydrogen-bond acceptors (Lipinski definition) is 3. The molecule has 122 valence electrons. The largest absolute Gasteiger partial charge is 0.339 e. The van der Waals surface area contributed by atoms with Gasteiger partial charge in [-0.05, 0) is 37.5 Å². The number of sulfonamides is 1. The van der Waals surface area contributed by atoms with E-state index < -0.39 is 10.0 Å². The van der Waals surface area contributed by atoms with Gasteiger partial charge in [-0.3, -0.25) is 4.79 Å². The van der Waals surface area contributed by atoms with Crippen molar-refractivity contribution in [3.63, 3.8) is 0 Å². The van der Waals surface area contributed by atoms with Crippen LogP contribution in [0, 0.1) is 6.92 Å². The molecule has 0 atom stereocenters. The second kappa shape index (κ2) is 6.79. The summed E-state index contributed by atoms with van der Waals surface area (Å²) in [6, 6.07) is 4.84. The summed E-state index contributed by atoms with van der Waals surface area (Å²) in [5.41, 5.74) is 1.31. The molecule has 5 nitrogen and oxygen atoms in total. The minimum absolute atomic E-state index is 0.0633. The van der Waals surface area contributed by atoms with Crippen LogP contribution >= 0.6 is 0 Å². The molecule has 0 aliphatic carbocycles. The van der Waals surface area contributed by atoms with E-state index in [1.807, 2.05) is 20.8 Å². The Hall–Kier alpha value is -1.40. The van der Waals surface area contributed by atoms with Crippen molar-refractivity contribution in [1.29, 1.82) is 0 Å². The van der Waals surface area contributed by atoms with Gasteiger partial charge in [0, 0.05) is 31.7 Å². The van der Waals surface area contributed by atoms with E-state index in [1.165, 1.54) is 10.4 Å². The van der Waals surface area contributed by atoms with E-state index in [0.29, 0.717) is 18.7 Å².